The average Bonchev–Trinajstić information content (AvgIpc) is 3.41. The zero-order valence-electron chi connectivity index (χ0n) is 18.9. The SMILES string of the molecule is CC[C@@H](CO)N1C(=O)[C@@H]2[C@@H](C(=O)NCc3ccccc3)[C@H]3CCC2(S3)C1C(=O)NC(C)C. The predicted molar refractivity (Wildman–Crippen MR) is 124 cm³/mol. The Bertz CT molecular complexity index is 875. The molecule has 174 valence electrons. The highest BCUT2D eigenvalue weighted by Gasteiger charge is 2.74. The number of benzene rings is 1. The number of fused-ring (bicyclic) bond motifs is 1. The maximum Gasteiger partial charge on any atom is 0.244 e. The van der Waals surface area contributed by atoms with Crippen molar-refractivity contribution in [3.8, 4) is 0 Å². The fraction of sp³-hybridized carbons (Fsp3) is 0.625. The van der Waals surface area contributed by atoms with Crippen LogP contribution in [0.4, 0.5) is 0 Å². The molecule has 2 unspecified atom stereocenters. The van der Waals surface area contributed by atoms with Gasteiger partial charge in [-0.05, 0) is 38.7 Å². The van der Waals surface area contributed by atoms with Gasteiger partial charge in [0.25, 0.3) is 0 Å². The van der Waals surface area contributed by atoms with Gasteiger partial charge in [0.15, 0.2) is 0 Å². The molecule has 1 aromatic rings. The summed E-state index contributed by atoms with van der Waals surface area (Å²) in [5.41, 5.74) is 1.01. The summed E-state index contributed by atoms with van der Waals surface area (Å²) in [6.45, 7) is 5.92. The highest BCUT2D eigenvalue weighted by molar-refractivity contribution is 8.02. The monoisotopic (exact) mass is 459 g/mol. The smallest absolute Gasteiger partial charge is 0.244 e. The molecule has 8 heteroatoms. The fourth-order valence-electron chi connectivity index (χ4n) is 5.76. The van der Waals surface area contributed by atoms with Crippen LogP contribution in [-0.4, -0.2) is 62.5 Å². The average molecular weight is 460 g/mol. The lowest BCUT2D eigenvalue weighted by molar-refractivity contribution is -0.143. The first-order valence-electron chi connectivity index (χ1n) is 11.6. The summed E-state index contributed by atoms with van der Waals surface area (Å²) in [5.74, 6) is -1.45. The number of nitrogens with one attached hydrogen (secondary N) is 2. The van der Waals surface area contributed by atoms with Crippen molar-refractivity contribution < 1.29 is 19.5 Å². The van der Waals surface area contributed by atoms with Gasteiger partial charge in [-0.3, -0.25) is 14.4 Å². The molecule has 6 atom stereocenters. The number of rotatable bonds is 8. The Hall–Kier alpha value is -2.06. The third-order valence-electron chi connectivity index (χ3n) is 7.11. The molecule has 1 aromatic carbocycles. The molecule has 3 saturated heterocycles. The van der Waals surface area contributed by atoms with Crippen LogP contribution in [0.25, 0.3) is 0 Å². The Morgan fingerprint density at radius 2 is 1.97 bits per heavy atom. The van der Waals surface area contributed by atoms with Gasteiger partial charge in [0, 0.05) is 17.8 Å². The molecule has 0 aliphatic carbocycles. The summed E-state index contributed by atoms with van der Waals surface area (Å²) >= 11 is 1.65. The molecular formula is C24H33N3O4S. The van der Waals surface area contributed by atoms with E-state index >= 15 is 0 Å². The van der Waals surface area contributed by atoms with Crippen LogP contribution in [0, 0.1) is 11.8 Å². The van der Waals surface area contributed by atoms with Crippen molar-refractivity contribution in [1.82, 2.24) is 15.5 Å². The third-order valence-corrected chi connectivity index (χ3v) is 9.06. The number of amides is 3. The van der Waals surface area contributed by atoms with Gasteiger partial charge in [-0.1, -0.05) is 37.3 Å². The Labute approximate surface area is 193 Å². The number of thioether (sulfide) groups is 1. The molecule has 2 bridgehead atoms. The number of hydrogen-bond acceptors (Lipinski definition) is 5. The van der Waals surface area contributed by atoms with Gasteiger partial charge in [0.2, 0.25) is 17.7 Å². The number of carbonyl (C=O) groups is 3. The number of likely N-dealkylation sites (tertiary alicyclic amines) is 1. The molecule has 0 radical (unpaired) electrons. The van der Waals surface area contributed by atoms with Crippen LogP contribution < -0.4 is 10.6 Å². The number of aliphatic hydroxyl groups is 1. The largest absolute Gasteiger partial charge is 0.394 e. The zero-order chi connectivity index (χ0) is 23.0. The second-order valence-corrected chi connectivity index (χ2v) is 11.0. The Kier molecular flexibility index (Phi) is 6.54. The van der Waals surface area contributed by atoms with Crippen LogP contribution in [0.5, 0.6) is 0 Å². The van der Waals surface area contributed by atoms with E-state index < -0.39 is 28.7 Å². The highest BCUT2D eigenvalue weighted by Crippen LogP contribution is 2.66. The Morgan fingerprint density at radius 1 is 1.25 bits per heavy atom. The van der Waals surface area contributed by atoms with Crippen molar-refractivity contribution >= 4 is 29.5 Å². The first-order valence-corrected chi connectivity index (χ1v) is 12.4. The van der Waals surface area contributed by atoms with Crippen molar-refractivity contribution in [3.63, 3.8) is 0 Å². The van der Waals surface area contributed by atoms with Crippen molar-refractivity contribution in [2.45, 2.75) is 74.7 Å². The molecule has 3 aliphatic rings. The predicted octanol–water partition coefficient (Wildman–Crippen LogP) is 1.69. The Morgan fingerprint density at radius 3 is 2.59 bits per heavy atom. The number of hydrogen-bond donors (Lipinski definition) is 3. The minimum absolute atomic E-state index is 0.0328. The van der Waals surface area contributed by atoms with Crippen LogP contribution in [-0.2, 0) is 20.9 Å². The van der Waals surface area contributed by atoms with E-state index in [0.29, 0.717) is 13.0 Å². The Balaban J connectivity index is 1.64. The van der Waals surface area contributed by atoms with Crippen molar-refractivity contribution in [1.29, 1.82) is 0 Å². The van der Waals surface area contributed by atoms with Crippen LogP contribution in [0.1, 0.15) is 45.6 Å². The number of carbonyl (C=O) groups excluding carboxylic acids is 3. The van der Waals surface area contributed by atoms with E-state index in [1.165, 1.54) is 0 Å². The summed E-state index contributed by atoms with van der Waals surface area (Å²) in [5, 5.41) is 16.0. The minimum atomic E-state index is -0.665. The molecule has 3 N–H and O–H groups in total. The third kappa shape index (κ3) is 3.71. The lowest BCUT2D eigenvalue weighted by atomic mass is 9.70. The molecule has 3 aliphatic heterocycles. The first-order chi connectivity index (χ1) is 15.3. The summed E-state index contributed by atoms with van der Waals surface area (Å²) < 4.78 is -0.613. The van der Waals surface area contributed by atoms with Crippen LogP contribution in [0.3, 0.4) is 0 Å². The molecular weight excluding hydrogens is 426 g/mol. The molecule has 0 aromatic heterocycles. The van der Waals surface area contributed by atoms with E-state index in [9.17, 15) is 19.5 Å². The van der Waals surface area contributed by atoms with E-state index in [1.54, 1.807) is 16.7 Å². The van der Waals surface area contributed by atoms with Crippen LogP contribution in [0.2, 0.25) is 0 Å². The molecule has 4 rings (SSSR count). The van der Waals surface area contributed by atoms with E-state index in [2.05, 4.69) is 10.6 Å². The lowest BCUT2D eigenvalue weighted by Gasteiger charge is -2.37. The van der Waals surface area contributed by atoms with Gasteiger partial charge in [0.1, 0.15) is 6.04 Å². The topological polar surface area (TPSA) is 98.7 Å². The molecule has 7 nitrogen and oxygen atoms in total. The molecule has 3 fully saturated rings. The minimum Gasteiger partial charge on any atom is -0.394 e. The van der Waals surface area contributed by atoms with Gasteiger partial charge >= 0.3 is 0 Å². The van der Waals surface area contributed by atoms with Gasteiger partial charge < -0.3 is 20.6 Å². The fourth-order valence-corrected chi connectivity index (χ4v) is 7.97. The zero-order valence-corrected chi connectivity index (χ0v) is 19.7. The summed E-state index contributed by atoms with van der Waals surface area (Å²) in [6.07, 6.45) is 2.10. The molecule has 32 heavy (non-hydrogen) atoms. The van der Waals surface area contributed by atoms with Crippen LogP contribution >= 0.6 is 11.8 Å². The molecule has 1 spiro atoms. The maximum absolute atomic E-state index is 13.8. The van der Waals surface area contributed by atoms with E-state index in [4.69, 9.17) is 0 Å². The lowest BCUT2D eigenvalue weighted by Crippen LogP contribution is -2.57. The van der Waals surface area contributed by atoms with E-state index in [-0.39, 0.29) is 35.6 Å². The van der Waals surface area contributed by atoms with Gasteiger partial charge in [-0.25, -0.2) is 0 Å². The highest BCUT2D eigenvalue weighted by atomic mass is 32.2. The quantitative estimate of drug-likeness (QED) is 0.550. The first kappa shape index (κ1) is 23.1. The van der Waals surface area contributed by atoms with Crippen molar-refractivity contribution in [2.24, 2.45) is 11.8 Å². The summed E-state index contributed by atoms with van der Waals surface area (Å²) in [7, 11) is 0. The second-order valence-electron chi connectivity index (χ2n) is 9.41. The second kappa shape index (κ2) is 9.06. The van der Waals surface area contributed by atoms with Gasteiger partial charge in [-0.15, -0.1) is 11.8 Å². The van der Waals surface area contributed by atoms with Crippen LogP contribution in [0.15, 0.2) is 30.3 Å². The van der Waals surface area contributed by atoms with Gasteiger partial charge in [0.05, 0.1) is 29.2 Å². The van der Waals surface area contributed by atoms with Crippen molar-refractivity contribution in [2.75, 3.05) is 6.61 Å². The molecule has 3 amide bonds. The number of aliphatic hydroxyl groups excluding tert-OH is 1. The maximum atomic E-state index is 13.8. The standard InChI is InChI=1S/C24H33N3O4S/c1-4-16(13-28)27-20(22(30)26-14(2)3)24-11-10-17(32-24)18(19(24)23(27)31)21(29)25-12-15-8-6-5-7-9-15/h5-9,14,16-20,28H,4,10-13H2,1-3H3,(H,25,29)(H,26,30)/t16-,17+,18-,19-,20?,24?/m0/s1. The van der Waals surface area contributed by atoms with E-state index in [1.807, 2.05) is 51.1 Å². The summed E-state index contributed by atoms with van der Waals surface area (Å²) in [6, 6.07) is 8.55. The summed E-state index contributed by atoms with van der Waals surface area (Å²) in [4.78, 5) is 42.0. The number of nitrogens with zero attached hydrogens (tertiary/aromatic N) is 1. The van der Waals surface area contributed by atoms with Crippen molar-refractivity contribution in [3.05, 3.63) is 35.9 Å². The van der Waals surface area contributed by atoms with Gasteiger partial charge in [-0.2, -0.15) is 0 Å². The molecule has 3 heterocycles. The van der Waals surface area contributed by atoms with E-state index in [0.717, 1.165) is 18.4 Å². The normalized spacial score (nSPS) is 31.7. The molecule has 0 saturated carbocycles.